The van der Waals surface area contributed by atoms with Gasteiger partial charge in [-0.1, -0.05) is 23.2 Å². The van der Waals surface area contributed by atoms with Gasteiger partial charge in [0.2, 0.25) is 10.0 Å². The van der Waals surface area contributed by atoms with Crippen molar-refractivity contribution >= 4 is 38.9 Å². The number of sulfonamides is 1. The molecule has 1 aliphatic heterocycles. The highest BCUT2D eigenvalue weighted by molar-refractivity contribution is 7.89. The van der Waals surface area contributed by atoms with E-state index in [-0.39, 0.29) is 33.7 Å². The van der Waals surface area contributed by atoms with Crippen LogP contribution in [0.5, 0.6) is 0 Å². The average Bonchev–Trinajstić information content (AvgIpc) is 2.35. The Morgan fingerprint density at radius 3 is 2.16 bits per heavy atom. The summed E-state index contributed by atoms with van der Waals surface area (Å²) in [7, 11) is -3.65. The molecule has 0 radical (unpaired) electrons. The molecule has 1 heterocycles. The number of hydrogen-bond donors (Lipinski definition) is 2. The van der Waals surface area contributed by atoms with E-state index in [0.29, 0.717) is 12.8 Å². The van der Waals surface area contributed by atoms with Gasteiger partial charge < -0.3 is 10.8 Å². The molecule has 3 N–H and O–H groups in total. The van der Waals surface area contributed by atoms with Crippen LogP contribution in [-0.4, -0.2) is 37.0 Å². The maximum absolute atomic E-state index is 12.4. The molecule has 1 aliphatic rings. The first-order valence-corrected chi connectivity index (χ1v) is 7.94. The summed E-state index contributed by atoms with van der Waals surface area (Å²) >= 11 is 11.7. The van der Waals surface area contributed by atoms with Crippen LogP contribution in [0.1, 0.15) is 12.8 Å². The van der Waals surface area contributed by atoms with Gasteiger partial charge in [-0.15, -0.1) is 0 Å². The molecule has 0 aliphatic carbocycles. The molecule has 19 heavy (non-hydrogen) atoms. The molecule has 1 aromatic carbocycles. The smallest absolute Gasteiger partial charge is 0.243 e. The first kappa shape index (κ1) is 14.9. The van der Waals surface area contributed by atoms with Gasteiger partial charge in [-0.3, -0.25) is 0 Å². The van der Waals surface area contributed by atoms with Gasteiger partial charge in [-0.2, -0.15) is 4.31 Å². The van der Waals surface area contributed by atoms with Crippen molar-refractivity contribution in [1.29, 1.82) is 0 Å². The van der Waals surface area contributed by atoms with Gasteiger partial charge in [0, 0.05) is 13.1 Å². The van der Waals surface area contributed by atoms with Crippen LogP contribution in [0.2, 0.25) is 10.0 Å². The molecule has 0 saturated carbocycles. The third-order valence-corrected chi connectivity index (χ3v) is 5.62. The van der Waals surface area contributed by atoms with Crippen LogP contribution in [-0.2, 0) is 10.0 Å². The first-order chi connectivity index (χ1) is 8.82. The van der Waals surface area contributed by atoms with E-state index >= 15 is 0 Å². The van der Waals surface area contributed by atoms with E-state index in [9.17, 15) is 13.5 Å². The lowest BCUT2D eigenvalue weighted by Gasteiger charge is -2.28. The summed E-state index contributed by atoms with van der Waals surface area (Å²) in [4.78, 5) is 0.0214. The number of benzene rings is 1. The van der Waals surface area contributed by atoms with Crippen molar-refractivity contribution in [1.82, 2.24) is 4.31 Å². The lowest BCUT2D eigenvalue weighted by atomic mass is 10.1. The molecule has 0 bridgehead atoms. The Labute approximate surface area is 122 Å². The molecule has 0 spiro atoms. The number of aliphatic hydroxyl groups is 1. The van der Waals surface area contributed by atoms with Gasteiger partial charge in [0.15, 0.2) is 0 Å². The molecular formula is C11H14Cl2N2O3S. The monoisotopic (exact) mass is 324 g/mol. The topological polar surface area (TPSA) is 83.6 Å². The molecule has 1 aromatic rings. The fourth-order valence-electron chi connectivity index (χ4n) is 1.94. The number of nitrogens with two attached hydrogens (primary N) is 1. The summed E-state index contributed by atoms with van der Waals surface area (Å²) in [6.45, 7) is 0.562. The molecule has 8 heteroatoms. The number of aliphatic hydroxyl groups excluding tert-OH is 1. The number of halogens is 2. The Hall–Kier alpha value is -0.530. The van der Waals surface area contributed by atoms with Gasteiger partial charge in [0.05, 0.1) is 26.7 Å². The molecule has 2 rings (SSSR count). The lowest BCUT2D eigenvalue weighted by molar-refractivity contribution is 0.113. The number of anilines is 1. The van der Waals surface area contributed by atoms with Gasteiger partial charge in [-0.25, -0.2) is 8.42 Å². The van der Waals surface area contributed by atoms with E-state index in [4.69, 9.17) is 28.9 Å². The molecule has 1 saturated heterocycles. The number of piperidine rings is 1. The highest BCUT2D eigenvalue weighted by Gasteiger charge is 2.29. The quantitative estimate of drug-likeness (QED) is 0.811. The molecule has 1 fully saturated rings. The standard InChI is InChI=1S/C11H14Cl2N2O3S/c12-9-5-8(6-10(13)11(9)14)19(17,18)15-3-1-7(16)2-4-15/h5-7,16H,1-4,14H2. The highest BCUT2D eigenvalue weighted by Crippen LogP contribution is 2.32. The average molecular weight is 325 g/mol. The summed E-state index contributed by atoms with van der Waals surface area (Å²) < 4.78 is 26.1. The SMILES string of the molecule is Nc1c(Cl)cc(S(=O)(=O)N2CCC(O)CC2)cc1Cl. The summed E-state index contributed by atoms with van der Waals surface area (Å²) in [6.07, 6.45) is 0.413. The molecule has 0 atom stereocenters. The maximum Gasteiger partial charge on any atom is 0.243 e. The molecule has 0 aromatic heterocycles. The minimum Gasteiger partial charge on any atom is -0.396 e. The Morgan fingerprint density at radius 1 is 1.21 bits per heavy atom. The second-order valence-electron chi connectivity index (χ2n) is 4.44. The summed E-state index contributed by atoms with van der Waals surface area (Å²) in [6, 6.07) is 2.59. The number of rotatable bonds is 2. The van der Waals surface area contributed by atoms with Crippen molar-refractivity contribution in [3.05, 3.63) is 22.2 Å². The Balaban J connectivity index is 2.35. The first-order valence-electron chi connectivity index (χ1n) is 5.75. The Bertz CT molecular complexity index is 561. The Kier molecular flexibility index (Phi) is 4.27. The van der Waals surface area contributed by atoms with Crippen LogP contribution in [0.15, 0.2) is 17.0 Å². The second-order valence-corrected chi connectivity index (χ2v) is 7.19. The van der Waals surface area contributed by atoms with Crippen molar-refractivity contribution in [2.24, 2.45) is 0 Å². The number of nitrogens with zero attached hydrogens (tertiary/aromatic N) is 1. The minimum absolute atomic E-state index is 0.0214. The van der Waals surface area contributed by atoms with Gasteiger partial charge in [0.25, 0.3) is 0 Å². The predicted molar refractivity (Wildman–Crippen MR) is 74.9 cm³/mol. The van der Waals surface area contributed by atoms with E-state index in [1.807, 2.05) is 0 Å². The van der Waals surface area contributed by atoms with Crippen LogP contribution in [0, 0.1) is 0 Å². The van der Waals surface area contributed by atoms with Crippen molar-refractivity contribution in [3.8, 4) is 0 Å². The molecule has 0 amide bonds. The second kappa shape index (κ2) is 5.46. The zero-order chi connectivity index (χ0) is 14.2. The summed E-state index contributed by atoms with van der Waals surface area (Å²) in [5, 5.41) is 9.64. The normalized spacial score (nSPS) is 18.7. The fourth-order valence-corrected chi connectivity index (χ4v) is 4.08. The van der Waals surface area contributed by atoms with Crippen LogP contribution >= 0.6 is 23.2 Å². The summed E-state index contributed by atoms with van der Waals surface area (Å²) in [5.41, 5.74) is 5.75. The van der Waals surface area contributed by atoms with Crippen LogP contribution in [0.3, 0.4) is 0 Å². The summed E-state index contributed by atoms with van der Waals surface area (Å²) in [5.74, 6) is 0. The van der Waals surface area contributed by atoms with Crippen LogP contribution < -0.4 is 5.73 Å². The zero-order valence-corrected chi connectivity index (χ0v) is 12.3. The number of nitrogen functional groups attached to an aromatic ring is 1. The largest absolute Gasteiger partial charge is 0.396 e. The molecular weight excluding hydrogens is 311 g/mol. The van der Waals surface area contributed by atoms with Crippen molar-refractivity contribution < 1.29 is 13.5 Å². The molecule has 0 unspecified atom stereocenters. The third kappa shape index (κ3) is 2.98. The van der Waals surface area contributed by atoms with E-state index in [1.165, 1.54) is 16.4 Å². The van der Waals surface area contributed by atoms with E-state index in [2.05, 4.69) is 0 Å². The van der Waals surface area contributed by atoms with E-state index < -0.39 is 16.1 Å². The van der Waals surface area contributed by atoms with Crippen molar-refractivity contribution in [2.75, 3.05) is 18.8 Å². The Morgan fingerprint density at radius 2 is 1.68 bits per heavy atom. The van der Waals surface area contributed by atoms with Crippen molar-refractivity contribution in [3.63, 3.8) is 0 Å². The van der Waals surface area contributed by atoms with E-state index in [0.717, 1.165) is 0 Å². The molecule has 106 valence electrons. The molecule has 5 nitrogen and oxygen atoms in total. The number of hydrogen-bond acceptors (Lipinski definition) is 4. The predicted octanol–water partition coefficient (Wildman–Crippen LogP) is 1.72. The van der Waals surface area contributed by atoms with Gasteiger partial charge in [-0.05, 0) is 25.0 Å². The lowest BCUT2D eigenvalue weighted by Crippen LogP contribution is -2.40. The van der Waals surface area contributed by atoms with Crippen LogP contribution in [0.25, 0.3) is 0 Å². The van der Waals surface area contributed by atoms with Gasteiger partial charge in [0.1, 0.15) is 0 Å². The van der Waals surface area contributed by atoms with Gasteiger partial charge >= 0.3 is 0 Å². The van der Waals surface area contributed by atoms with Crippen molar-refractivity contribution in [2.45, 2.75) is 23.8 Å². The van der Waals surface area contributed by atoms with E-state index in [1.54, 1.807) is 0 Å². The minimum atomic E-state index is -3.65. The third-order valence-electron chi connectivity index (χ3n) is 3.11. The maximum atomic E-state index is 12.4. The van der Waals surface area contributed by atoms with Crippen LogP contribution in [0.4, 0.5) is 5.69 Å². The highest BCUT2D eigenvalue weighted by atomic mass is 35.5. The zero-order valence-electron chi connectivity index (χ0n) is 10.0. The fraction of sp³-hybridized carbons (Fsp3) is 0.455.